The highest BCUT2D eigenvalue weighted by molar-refractivity contribution is 7.91. The maximum Gasteiger partial charge on any atom is 0.240 e. The number of ketones is 2. The highest BCUT2D eigenvalue weighted by Gasteiger charge is 2.85. The Morgan fingerprint density at radius 2 is 1.51 bits per heavy atom. The number of carbonyl (C=O) groups is 5. The van der Waals surface area contributed by atoms with Gasteiger partial charge in [-0.25, -0.2) is 8.42 Å². The Hall–Kier alpha value is -2.86. The van der Waals surface area contributed by atoms with E-state index in [9.17, 15) is 27.6 Å². The lowest BCUT2D eigenvalue weighted by Gasteiger charge is -2.40. The van der Waals surface area contributed by atoms with Crippen molar-refractivity contribution in [3.05, 3.63) is 25.3 Å². The number of allylic oxidation sites excluding steroid dienone is 2. The Labute approximate surface area is 366 Å². The number of hydrogen-bond acceptors (Lipinski definition) is 8. The van der Waals surface area contributed by atoms with Gasteiger partial charge in [-0.15, -0.1) is 13.2 Å². The van der Waals surface area contributed by atoms with Crippen LogP contribution < -0.4 is 10.0 Å². The smallest absolute Gasteiger partial charge is 0.240 e. The monoisotopic (exact) mass is 865 g/mol. The fraction of sp³-hybridized carbons (Fsp3) is 0.816. The summed E-state index contributed by atoms with van der Waals surface area (Å²) in [5, 5.41) is 3.28. The zero-order chi connectivity index (χ0) is 44.6. The normalized spacial score (nSPS) is 32.4. The van der Waals surface area contributed by atoms with Crippen molar-refractivity contribution >= 4 is 39.3 Å². The molecule has 11 nitrogen and oxygen atoms in total. The number of likely N-dealkylation sites (tertiary alicyclic amines) is 2. The number of nitrogens with zero attached hydrogens (tertiary/aromatic N) is 2. The van der Waals surface area contributed by atoms with Crippen LogP contribution in [0.4, 0.5) is 0 Å². The van der Waals surface area contributed by atoms with Crippen molar-refractivity contribution in [2.24, 2.45) is 44.8 Å². The molecule has 0 aromatic heterocycles. The number of rotatable bonds is 17. The van der Waals surface area contributed by atoms with Crippen LogP contribution in [0.3, 0.4) is 0 Å². The van der Waals surface area contributed by atoms with Crippen molar-refractivity contribution in [1.82, 2.24) is 19.8 Å². The van der Waals surface area contributed by atoms with E-state index >= 15 is 4.79 Å². The van der Waals surface area contributed by atoms with E-state index in [1.807, 2.05) is 20.8 Å². The van der Waals surface area contributed by atoms with Gasteiger partial charge in [-0.05, 0) is 119 Å². The first-order valence-electron chi connectivity index (χ1n) is 23.8. The van der Waals surface area contributed by atoms with Crippen LogP contribution in [0.25, 0.3) is 0 Å². The summed E-state index contributed by atoms with van der Waals surface area (Å²) in [7, 11) is -4.02. The number of sulfonamides is 1. The van der Waals surface area contributed by atoms with Gasteiger partial charge in [0, 0.05) is 36.8 Å². The molecule has 7 aliphatic rings. The third-order valence-electron chi connectivity index (χ3n) is 18.0. The number of nitrogens with one attached hydrogen (secondary N) is 2. The van der Waals surface area contributed by atoms with Gasteiger partial charge in [0.25, 0.3) is 0 Å². The lowest BCUT2D eigenvalue weighted by Crippen LogP contribution is -2.57. The van der Waals surface area contributed by atoms with Gasteiger partial charge >= 0.3 is 0 Å². The number of fused-ring (bicyclic) bond motifs is 1. The molecule has 2 aliphatic heterocycles. The summed E-state index contributed by atoms with van der Waals surface area (Å²) in [6.07, 6.45) is 15.6. The van der Waals surface area contributed by atoms with Crippen molar-refractivity contribution in [3.8, 4) is 0 Å². The minimum absolute atomic E-state index is 0.00111. The van der Waals surface area contributed by atoms with Crippen molar-refractivity contribution in [2.75, 3.05) is 13.1 Å². The largest absolute Gasteiger partial charge is 0.345 e. The number of amides is 3. The third-order valence-corrected chi connectivity index (χ3v) is 20.1. The van der Waals surface area contributed by atoms with Crippen molar-refractivity contribution in [1.29, 1.82) is 0 Å². The average Bonchev–Trinajstić information content (AvgIpc) is 4.13. The van der Waals surface area contributed by atoms with Crippen molar-refractivity contribution < 1.29 is 32.4 Å². The van der Waals surface area contributed by atoms with Gasteiger partial charge in [-0.2, -0.15) is 0 Å². The molecule has 0 bridgehead atoms. The minimum Gasteiger partial charge on any atom is -0.345 e. The lowest BCUT2D eigenvalue weighted by molar-refractivity contribution is -0.147. The molecule has 0 aromatic carbocycles. The predicted molar refractivity (Wildman–Crippen MR) is 237 cm³/mol. The molecule has 5 aliphatic carbocycles. The lowest BCUT2D eigenvalue weighted by atomic mass is 9.73. The van der Waals surface area contributed by atoms with E-state index < -0.39 is 49.5 Å². The van der Waals surface area contributed by atoms with Gasteiger partial charge in [-0.3, -0.25) is 33.6 Å². The van der Waals surface area contributed by atoms with Gasteiger partial charge in [-0.1, -0.05) is 78.9 Å². The predicted octanol–water partition coefficient (Wildman–Crippen LogP) is 7.44. The number of Topliss-reactive ketones (excluding diaryl/α,β-unsaturated/α-hetero) is 2. The zero-order valence-electron chi connectivity index (χ0n) is 38.4. The van der Waals surface area contributed by atoms with E-state index in [4.69, 9.17) is 0 Å². The highest BCUT2D eigenvalue weighted by Crippen LogP contribution is 2.88. The van der Waals surface area contributed by atoms with Crippen LogP contribution in [0.5, 0.6) is 0 Å². The molecule has 2 heterocycles. The van der Waals surface area contributed by atoms with Crippen LogP contribution in [-0.4, -0.2) is 89.5 Å². The fourth-order valence-corrected chi connectivity index (χ4v) is 15.0. The van der Waals surface area contributed by atoms with Crippen molar-refractivity contribution in [3.63, 3.8) is 0 Å². The molecule has 0 radical (unpaired) electrons. The van der Waals surface area contributed by atoms with Gasteiger partial charge in [0.2, 0.25) is 27.7 Å². The molecule has 2 saturated heterocycles. The summed E-state index contributed by atoms with van der Waals surface area (Å²) < 4.78 is 28.4. The molecule has 5 saturated carbocycles. The van der Waals surface area contributed by atoms with E-state index in [0.717, 1.165) is 77.2 Å². The van der Waals surface area contributed by atoms with Crippen LogP contribution in [0.2, 0.25) is 0 Å². The molecule has 2 spiro atoms. The second-order valence-electron chi connectivity index (χ2n) is 22.6. The standard InChI is InChI=1S/C49H76N4O7S/c1-10-21-46(24-25-46)61(59,60)51-43(58)47(28-34(47)11-2)30-39(55)37-29-49(45(8,9)48(49)22-17-23-48)31-53(37)42(57)35(44(5,6)7)27-38(54)40(33-18-13-12-14-19-33)50-41(56)36-20-15-16-26-52(36)32(3)4/h10-11,32-37,40H,1-2,12-31H2,3-9H3,(H,50,56)(H,51,58)/t34-,35-,36+,37+,40+,47-,49-/m1/s1. The third kappa shape index (κ3) is 7.71. The van der Waals surface area contributed by atoms with Gasteiger partial charge < -0.3 is 10.2 Å². The molecule has 61 heavy (non-hydrogen) atoms. The van der Waals surface area contributed by atoms with Crippen LogP contribution in [0.15, 0.2) is 25.3 Å². The fourth-order valence-electron chi connectivity index (χ4n) is 13.4. The maximum absolute atomic E-state index is 15.4. The second kappa shape index (κ2) is 16.3. The van der Waals surface area contributed by atoms with E-state index in [2.05, 4.69) is 55.8 Å². The SMILES string of the molecule is C=CCC1(S(=O)(=O)NC(=O)[C@@]2(CC(=O)[C@@H]3C[C@@]4(CN3C(=O)[C@@H](CC(=O)[C@@H](NC(=O)[C@@H]3CCCCN3C(C)C)C3CCCCC3)C(C)(C)C)C(C)(C)C43CCC3)C[C@H]2C=C)CC1. The van der Waals surface area contributed by atoms with E-state index in [-0.39, 0.29) is 82.8 Å². The molecule has 7 atom stereocenters. The number of hydrogen-bond donors (Lipinski definition) is 2. The van der Waals surface area contributed by atoms with Crippen LogP contribution >= 0.6 is 0 Å². The second-order valence-corrected chi connectivity index (χ2v) is 24.7. The molecule has 7 fully saturated rings. The van der Waals surface area contributed by atoms with Gasteiger partial charge in [0.15, 0.2) is 11.6 Å². The molecule has 7 rings (SSSR count). The van der Waals surface area contributed by atoms with Crippen LogP contribution in [-0.2, 0) is 34.0 Å². The summed E-state index contributed by atoms with van der Waals surface area (Å²) in [5.74, 6) is -2.47. The maximum atomic E-state index is 15.4. The van der Waals surface area contributed by atoms with Gasteiger partial charge in [0.05, 0.1) is 28.3 Å². The summed E-state index contributed by atoms with van der Waals surface area (Å²) in [5.41, 5.74) is -2.26. The van der Waals surface area contributed by atoms with Crippen LogP contribution in [0, 0.1) is 44.8 Å². The highest BCUT2D eigenvalue weighted by atomic mass is 32.2. The molecule has 3 amide bonds. The molecular formula is C49H76N4O7S. The summed E-state index contributed by atoms with van der Waals surface area (Å²) in [6, 6.07) is -1.59. The molecule has 0 aromatic rings. The van der Waals surface area contributed by atoms with Crippen molar-refractivity contribution in [2.45, 2.75) is 193 Å². The first-order chi connectivity index (χ1) is 28.6. The Bertz CT molecular complexity index is 1900. The summed E-state index contributed by atoms with van der Waals surface area (Å²) in [4.78, 5) is 77.5. The zero-order valence-corrected chi connectivity index (χ0v) is 39.2. The Morgan fingerprint density at radius 1 is 0.852 bits per heavy atom. The molecular weight excluding hydrogens is 789 g/mol. The number of piperidine rings is 1. The Morgan fingerprint density at radius 3 is 2.03 bits per heavy atom. The Kier molecular flexibility index (Phi) is 12.3. The first kappa shape index (κ1) is 46.1. The van der Waals surface area contributed by atoms with Gasteiger partial charge in [0.1, 0.15) is 0 Å². The summed E-state index contributed by atoms with van der Waals surface area (Å²) >= 11 is 0. The topological polar surface area (TPSA) is 150 Å². The minimum atomic E-state index is -4.02. The molecule has 340 valence electrons. The van der Waals surface area contributed by atoms with E-state index in [1.54, 1.807) is 17.1 Å². The summed E-state index contributed by atoms with van der Waals surface area (Å²) in [6.45, 7) is 23.6. The molecule has 12 heteroatoms. The van der Waals surface area contributed by atoms with E-state index in [1.165, 1.54) is 0 Å². The first-order valence-corrected chi connectivity index (χ1v) is 25.3. The Balaban J connectivity index is 1.16. The average molecular weight is 865 g/mol. The number of carbonyl (C=O) groups excluding carboxylic acids is 5. The quantitative estimate of drug-likeness (QED) is 0.143. The van der Waals surface area contributed by atoms with E-state index in [0.29, 0.717) is 32.2 Å². The van der Waals surface area contributed by atoms with Crippen LogP contribution in [0.1, 0.15) is 164 Å². The molecule has 2 N–H and O–H groups in total. The molecule has 0 unspecified atom stereocenters.